The van der Waals surface area contributed by atoms with Gasteiger partial charge in [-0.25, -0.2) is 9.97 Å². The van der Waals surface area contributed by atoms with Gasteiger partial charge in [0.15, 0.2) is 7.28 Å². The summed E-state index contributed by atoms with van der Waals surface area (Å²) in [4.78, 5) is 67.1. The van der Waals surface area contributed by atoms with Crippen LogP contribution in [-0.2, 0) is 22.3 Å². The number of nitrogens with zero attached hydrogens (tertiary/aromatic N) is 3. The zero-order chi connectivity index (χ0) is 41.0. The quantitative estimate of drug-likeness (QED) is 0.144. The molecule has 3 aliphatic heterocycles. The van der Waals surface area contributed by atoms with Crippen molar-refractivity contribution in [3.63, 3.8) is 0 Å². The number of halogens is 3. The highest BCUT2D eigenvalue weighted by atomic mass is 19.4. The van der Waals surface area contributed by atoms with E-state index in [0.717, 1.165) is 34.2 Å². The van der Waals surface area contributed by atoms with Gasteiger partial charge in [0.05, 0.1) is 27.9 Å². The molecule has 60 heavy (non-hydrogen) atoms. The van der Waals surface area contributed by atoms with Gasteiger partial charge in [0, 0.05) is 41.8 Å². The number of rotatable bonds is 7. The van der Waals surface area contributed by atoms with Crippen molar-refractivity contribution in [3.8, 4) is 28.4 Å². The van der Waals surface area contributed by atoms with Gasteiger partial charge in [-0.3, -0.25) is 24.5 Å². The summed E-state index contributed by atoms with van der Waals surface area (Å²) in [5.74, 6) is 1.03. The van der Waals surface area contributed by atoms with Crippen LogP contribution in [0.2, 0.25) is 0 Å². The number of aromatic nitrogens is 4. The number of imidazole rings is 1. The molecule has 4 aliphatic rings. The second-order valence-corrected chi connectivity index (χ2v) is 15.5. The first-order chi connectivity index (χ1) is 28.9. The van der Waals surface area contributed by atoms with Crippen molar-refractivity contribution in [3.05, 3.63) is 136 Å². The molecule has 3 N–H and O–H groups in total. The highest BCUT2D eigenvalue weighted by Gasteiger charge is 2.61. The number of hydrogen-bond donors (Lipinski definition) is 3. The number of pyridine rings is 2. The molecule has 12 nitrogen and oxygen atoms in total. The minimum atomic E-state index is -4.46. The Morgan fingerprint density at radius 1 is 0.850 bits per heavy atom. The zero-order valence-corrected chi connectivity index (χ0v) is 31.2. The number of fused-ring (bicyclic) bond motifs is 6. The lowest BCUT2D eigenvalue weighted by Crippen LogP contribution is -2.52. The Morgan fingerprint density at radius 3 is 2.50 bits per heavy atom. The van der Waals surface area contributed by atoms with E-state index in [9.17, 15) is 32.3 Å². The first-order valence-corrected chi connectivity index (χ1v) is 19.3. The molecule has 3 aromatic heterocycles. The fourth-order valence-electron chi connectivity index (χ4n) is 8.72. The minimum absolute atomic E-state index is 0.0518. The summed E-state index contributed by atoms with van der Waals surface area (Å²) in [6.45, 7) is 0.300. The average Bonchev–Trinajstić information content (AvgIpc) is 3.44. The number of benzene rings is 4. The van der Waals surface area contributed by atoms with Gasteiger partial charge in [0.2, 0.25) is 11.8 Å². The summed E-state index contributed by atoms with van der Waals surface area (Å²) in [6.07, 6.45) is -2.63. The third kappa shape index (κ3) is 6.00. The van der Waals surface area contributed by atoms with E-state index in [1.165, 1.54) is 11.0 Å². The van der Waals surface area contributed by atoms with E-state index in [-0.39, 0.29) is 41.7 Å². The molecule has 4 atom stereocenters. The molecule has 1 aliphatic carbocycles. The Bertz CT molecular complexity index is 3060. The van der Waals surface area contributed by atoms with E-state index >= 15 is 0 Å². The topological polar surface area (TPSA) is 159 Å². The Balaban J connectivity index is 0.807. The summed E-state index contributed by atoms with van der Waals surface area (Å²) < 4.78 is 52.5. The SMILES string of the molecule is O=C1CCC(N2Cc3ccc([B]c4ccc(-c5cc6c(Oc7ccc8c(c7)[C@@H]7[C@H](O8)[C@H]7c7nc8ccc(C(F)(F)F)cc8[nH]7)ccnc6[nH]c5=O)cc4)cc3C2=O)C(=O)N1. The van der Waals surface area contributed by atoms with E-state index in [1.54, 1.807) is 30.5 Å². The molecular formula is C44H29BF3N6O6. The molecule has 4 aromatic carbocycles. The second kappa shape index (κ2) is 13.1. The van der Waals surface area contributed by atoms with Crippen molar-refractivity contribution in [2.45, 2.75) is 49.5 Å². The van der Waals surface area contributed by atoms with Crippen LogP contribution in [0.5, 0.6) is 17.2 Å². The third-order valence-electron chi connectivity index (χ3n) is 11.8. The molecule has 1 unspecified atom stereocenters. The number of carbonyl (C=O) groups is 3. The fraction of sp³-hybridized carbons (Fsp3) is 0.182. The van der Waals surface area contributed by atoms with Crippen LogP contribution in [0.3, 0.4) is 0 Å². The molecule has 11 rings (SSSR count). The highest BCUT2D eigenvalue weighted by Crippen LogP contribution is 2.63. The number of piperidine rings is 1. The van der Waals surface area contributed by atoms with Gasteiger partial charge < -0.3 is 24.3 Å². The van der Waals surface area contributed by atoms with E-state index in [1.807, 2.05) is 55.8 Å². The summed E-state index contributed by atoms with van der Waals surface area (Å²) >= 11 is 0. The van der Waals surface area contributed by atoms with Gasteiger partial charge in [-0.2, -0.15) is 13.2 Å². The molecular weight excluding hydrogens is 776 g/mol. The predicted octanol–water partition coefficient (Wildman–Crippen LogP) is 5.34. The lowest BCUT2D eigenvalue weighted by atomic mass is 9.63. The van der Waals surface area contributed by atoms with Crippen LogP contribution in [-0.4, -0.2) is 62.0 Å². The van der Waals surface area contributed by atoms with Crippen LogP contribution >= 0.6 is 0 Å². The molecule has 1 saturated carbocycles. The Hall–Kier alpha value is -7.23. The highest BCUT2D eigenvalue weighted by molar-refractivity contribution is 6.67. The Kier molecular flexibility index (Phi) is 7.86. The second-order valence-electron chi connectivity index (χ2n) is 15.5. The van der Waals surface area contributed by atoms with Crippen molar-refractivity contribution in [2.24, 2.45) is 0 Å². The summed E-state index contributed by atoms with van der Waals surface area (Å²) in [7, 11) is 1.92. The summed E-state index contributed by atoms with van der Waals surface area (Å²) in [5.41, 5.74) is 4.98. The number of carbonyl (C=O) groups excluding carboxylic acids is 3. The van der Waals surface area contributed by atoms with E-state index in [0.29, 0.717) is 74.8 Å². The summed E-state index contributed by atoms with van der Waals surface area (Å²) in [5, 5.41) is 2.91. The van der Waals surface area contributed by atoms with Gasteiger partial charge in [0.1, 0.15) is 40.9 Å². The molecule has 295 valence electrons. The van der Waals surface area contributed by atoms with E-state index < -0.39 is 23.7 Å². The lowest BCUT2D eigenvalue weighted by molar-refractivity contribution is -0.138. The average molecular weight is 806 g/mol. The molecule has 2 fully saturated rings. The molecule has 3 amide bonds. The van der Waals surface area contributed by atoms with E-state index in [2.05, 4.69) is 25.3 Å². The Morgan fingerprint density at radius 2 is 1.68 bits per heavy atom. The predicted molar refractivity (Wildman–Crippen MR) is 213 cm³/mol. The van der Waals surface area contributed by atoms with Crippen LogP contribution < -0.4 is 31.3 Å². The third-order valence-corrected chi connectivity index (χ3v) is 11.8. The molecule has 0 spiro atoms. The number of imide groups is 1. The monoisotopic (exact) mass is 805 g/mol. The van der Waals surface area contributed by atoms with Gasteiger partial charge >= 0.3 is 6.18 Å². The smallest absolute Gasteiger partial charge is 0.416 e. The molecule has 6 heterocycles. The van der Waals surface area contributed by atoms with Crippen LogP contribution in [0, 0.1) is 0 Å². The van der Waals surface area contributed by atoms with Crippen LogP contribution in [0.25, 0.3) is 33.2 Å². The Labute approximate surface area is 338 Å². The maximum Gasteiger partial charge on any atom is 0.416 e. The summed E-state index contributed by atoms with van der Waals surface area (Å²) in [6, 6.07) is 24.7. The maximum absolute atomic E-state index is 13.3. The number of nitrogens with one attached hydrogen (secondary N) is 3. The van der Waals surface area contributed by atoms with Crippen LogP contribution in [0.4, 0.5) is 13.2 Å². The first-order valence-electron chi connectivity index (χ1n) is 19.3. The van der Waals surface area contributed by atoms with Crippen molar-refractivity contribution < 1.29 is 37.0 Å². The van der Waals surface area contributed by atoms with Gasteiger partial charge in [-0.05, 0) is 66.1 Å². The lowest BCUT2D eigenvalue weighted by Gasteiger charge is -2.29. The van der Waals surface area contributed by atoms with Crippen LogP contribution in [0.15, 0.2) is 102 Å². The number of aromatic amines is 2. The van der Waals surface area contributed by atoms with Crippen molar-refractivity contribution in [2.75, 3.05) is 0 Å². The van der Waals surface area contributed by atoms with Crippen molar-refractivity contribution >= 4 is 58.0 Å². The van der Waals surface area contributed by atoms with E-state index in [4.69, 9.17) is 9.47 Å². The number of alkyl halides is 3. The number of hydrogen-bond acceptors (Lipinski definition) is 8. The van der Waals surface area contributed by atoms with Gasteiger partial charge in [-0.15, -0.1) is 0 Å². The molecule has 1 radical (unpaired) electrons. The maximum atomic E-state index is 13.3. The largest absolute Gasteiger partial charge is 0.489 e. The van der Waals surface area contributed by atoms with Crippen molar-refractivity contribution in [1.82, 2.24) is 30.2 Å². The molecule has 0 bridgehead atoms. The van der Waals surface area contributed by atoms with Crippen molar-refractivity contribution in [1.29, 1.82) is 0 Å². The van der Waals surface area contributed by atoms with Gasteiger partial charge in [-0.1, -0.05) is 53.4 Å². The van der Waals surface area contributed by atoms with Gasteiger partial charge in [0.25, 0.3) is 11.5 Å². The fourth-order valence-corrected chi connectivity index (χ4v) is 8.72. The number of ether oxygens (including phenoxy) is 2. The molecule has 1 saturated heterocycles. The minimum Gasteiger partial charge on any atom is -0.489 e. The molecule has 16 heteroatoms. The zero-order valence-electron chi connectivity index (χ0n) is 31.2. The number of amides is 3. The van der Waals surface area contributed by atoms with Crippen LogP contribution in [0.1, 0.15) is 57.6 Å². The molecule has 7 aromatic rings. The number of H-pyrrole nitrogens is 2. The normalized spacial score (nSPS) is 20.4. The first kappa shape index (κ1) is 35.9. The standard InChI is InChI=1S/C44H29BF3N6O6/c46-44(47,48)22-4-9-30-31(15-22)51-40(50-30)37-36-28-17-25(8-11-33(28)60-38(36)37)59-34-13-14-49-39-29(34)18-26(41(56)53-39)20-1-5-23(6-2-20)45-24-7-3-21-19-54(43(58)27(21)16-24)32-10-12-35(55)52-42(32)57/h1-9,11,13-18,32,36-38H,10,12,19H2,(H,50,51)(H,49,53,56)(H,52,55,57)/t32?,36-,37-,38-/m0/s1.